The molecule has 65 atom stereocenters. The van der Waals surface area contributed by atoms with Gasteiger partial charge in [-0.3, -0.25) is 0 Å². The monoisotopic (exact) mass is 2110 g/mol. The number of rotatable bonds is 25. The van der Waals surface area contributed by atoms with Crippen LogP contribution in [0.2, 0.25) is 0 Å². The molecule has 14 bridgehead atoms. The van der Waals surface area contributed by atoms with Gasteiger partial charge >= 0.3 is 0 Å². The molecule has 0 saturated carbocycles. The van der Waals surface area contributed by atoms with E-state index in [1.54, 1.807) is 0 Å². The Hall–Kier alpha value is -2.60. The van der Waals surface area contributed by atoms with Crippen LogP contribution in [-0.2, 0) is 123 Å². The fourth-order valence-electron chi connectivity index (χ4n) is 19.1. The summed E-state index contributed by atoms with van der Waals surface area (Å²) in [7, 11) is 0. The van der Waals surface area contributed by atoms with E-state index in [-0.39, 0.29) is 0 Å². The first-order valence-electron chi connectivity index (χ1n) is 45.7. The minimum Gasteiger partial charge on any atom is -0.394 e. The second kappa shape index (κ2) is 49.9. The van der Waals surface area contributed by atoms with Gasteiger partial charge in [-0.05, 0) is 0 Å². The van der Waals surface area contributed by atoms with E-state index >= 15 is 0 Å². The Balaban J connectivity index is 0.712. The van der Waals surface area contributed by atoms with Gasteiger partial charge in [-0.2, -0.15) is 0 Å². The highest BCUT2D eigenvalue weighted by Gasteiger charge is 2.64. The predicted octanol–water partition coefficient (Wildman–Crippen LogP) is -28.3. The van der Waals surface area contributed by atoms with Gasteiger partial charge in [0.25, 0.3) is 0 Å². The Labute approximate surface area is 805 Å². The average Bonchev–Trinajstić information content (AvgIpc) is 0.896. The zero-order chi connectivity index (χ0) is 104. The third-order valence-corrected chi connectivity index (χ3v) is 27.4. The Kier molecular flexibility index (Phi) is 40.4. The average molecular weight is 2110 g/mol. The molecule has 0 aromatic carbocycles. The number of aliphatic hydroxyl groups excluding tert-OH is 39. The molecular weight excluding hydrogens is 1980 g/mol. The van der Waals surface area contributed by atoms with Gasteiger partial charge in [0.05, 0.1) is 85.9 Å². The van der Waals surface area contributed by atoms with Crippen molar-refractivity contribution in [2.45, 2.75) is 399 Å². The molecule has 0 amide bonds. The zero-order valence-corrected chi connectivity index (χ0v) is 74.8. The Morgan fingerprint density at radius 2 is 0.280 bits per heavy atom. The van der Waals surface area contributed by atoms with E-state index in [2.05, 4.69) is 0 Å². The number of aliphatic hydroxyl groups is 39. The van der Waals surface area contributed by atoms with E-state index in [9.17, 15) is 199 Å². The molecule has 143 heavy (non-hydrogen) atoms. The van der Waals surface area contributed by atoms with Gasteiger partial charge in [0.15, 0.2) is 81.8 Å². The first-order chi connectivity index (χ1) is 68.0. The summed E-state index contributed by atoms with van der Waals surface area (Å²) >= 11 is 0. The van der Waals surface area contributed by atoms with Crippen LogP contribution in [0.4, 0.5) is 0 Å². The van der Waals surface area contributed by atoms with E-state index in [1.165, 1.54) is 0 Å². The lowest BCUT2D eigenvalue weighted by atomic mass is 9.95. The zero-order valence-electron chi connectivity index (χ0n) is 74.8. The van der Waals surface area contributed by atoms with E-state index in [4.69, 9.17) is 123 Å². The summed E-state index contributed by atoms with van der Waals surface area (Å²) < 4.78 is 151. The standard InChI is InChI=1S/C78H130O65/c79-1-14-27(90)29(92)42(105)68(120-14)133-57-18(5-83)124-70(46(109)33(57)96)135-55-16(3-81)122-66(44(107)31(55)94)118-12-25-64-41(104)54(117)78(132-25)141-63-24(11-89)128-74(50(113)37(63)100)139-61-22(9-87)130-76(52(115)39(61)102)143-65-26(13-119-67-45(108)32(95)56(17(4-82)123-67)136-71-47(110)34(97)58(19(6-84)125-71)134-69-43(106)30(93)28(91)15(2-80)121-69)131-77(53(116)40(65)103)140-62-23(10-88)127-73(49(112)36(62)99)137-59-20(7-85)126-72(48(111)35(59)98)138-60-21(8-86)129-75(142-64)51(114)38(60)101/h14-117H,1-13H2. The fourth-order valence-corrected chi connectivity index (χ4v) is 19.1. The SMILES string of the molecule is OCC1OC(OC2C(CO)OC(OC3C(CO)OC(OCC4OC5OC6C(CO)OC(OC7C(CO)OC(OC8C(COC9OC(CO)C(OC%10OC(CO)C(OC%11OC(CO)C(O)C(O)C%11O)C(O)C%10O)C(O)C9O)OC(OC9C(CO)OC(OC%10C(CO)OC(OC%11C(CO)OC(OC4C(O)C5O)C(O)C%11O)C(O)C%10O)C(O)C9O)C(O)C8O)C(O)C7O)C(O)C6O)C(O)C3O)C(O)C2O)C(O)C(O)C1O. The third-order valence-electron chi connectivity index (χ3n) is 27.4. The summed E-state index contributed by atoms with van der Waals surface area (Å²) in [5.41, 5.74) is 0. The highest BCUT2D eigenvalue weighted by atomic mass is 16.8. The largest absolute Gasteiger partial charge is 0.394 e. The Morgan fingerprint density at radius 3 is 0.469 bits per heavy atom. The van der Waals surface area contributed by atoms with Gasteiger partial charge in [0.2, 0.25) is 0 Å². The van der Waals surface area contributed by atoms with Gasteiger partial charge < -0.3 is 322 Å². The minimum absolute atomic E-state index is 0.924. The van der Waals surface area contributed by atoms with Crippen LogP contribution in [0.5, 0.6) is 0 Å². The summed E-state index contributed by atoms with van der Waals surface area (Å²) in [5.74, 6) is 0. The van der Waals surface area contributed by atoms with Crippen LogP contribution in [0.1, 0.15) is 0 Å². The Bertz CT molecular complexity index is 3670. The molecule has 65 unspecified atom stereocenters. The number of hydrogen-bond donors (Lipinski definition) is 39. The van der Waals surface area contributed by atoms with Crippen molar-refractivity contribution in [1.29, 1.82) is 0 Å². The lowest BCUT2D eigenvalue weighted by Crippen LogP contribution is -2.68. The maximum Gasteiger partial charge on any atom is 0.187 e. The molecule has 27 fully saturated rings. The highest BCUT2D eigenvalue weighted by Crippen LogP contribution is 2.44. The van der Waals surface area contributed by atoms with Crippen LogP contribution < -0.4 is 0 Å². The maximum absolute atomic E-state index is 12.2. The summed E-state index contributed by atoms with van der Waals surface area (Å²) in [6, 6.07) is 0. The van der Waals surface area contributed by atoms with Crippen molar-refractivity contribution in [1.82, 2.24) is 0 Å². The first-order valence-corrected chi connectivity index (χ1v) is 45.7. The second-order valence-corrected chi connectivity index (χ2v) is 36.6. The lowest BCUT2D eigenvalue weighted by molar-refractivity contribution is -0.401. The molecule has 65 nitrogen and oxygen atoms in total. The number of ether oxygens (including phenoxy) is 26. The topological polar surface area (TPSA) is 1030 Å². The number of hydrogen-bond acceptors (Lipinski definition) is 65. The second-order valence-electron chi connectivity index (χ2n) is 36.6. The molecule has 39 N–H and O–H groups in total. The van der Waals surface area contributed by atoms with E-state index in [0.29, 0.717) is 0 Å². The van der Waals surface area contributed by atoms with Crippen LogP contribution in [0.15, 0.2) is 0 Å². The van der Waals surface area contributed by atoms with Gasteiger partial charge in [-0.15, -0.1) is 0 Å². The fraction of sp³-hybridized carbons (Fsp3) is 1.00. The van der Waals surface area contributed by atoms with Crippen molar-refractivity contribution < 1.29 is 322 Å². The molecule has 27 heterocycles. The molecule has 65 heteroatoms. The van der Waals surface area contributed by atoms with E-state index in [1.807, 2.05) is 0 Å². The maximum atomic E-state index is 12.2. The predicted molar refractivity (Wildman–Crippen MR) is 424 cm³/mol. The Morgan fingerprint density at radius 1 is 0.126 bits per heavy atom. The van der Waals surface area contributed by atoms with Crippen LogP contribution in [-0.4, -0.2) is 684 Å². The van der Waals surface area contributed by atoms with Crippen molar-refractivity contribution in [2.24, 2.45) is 0 Å². The van der Waals surface area contributed by atoms with Crippen LogP contribution in [0, 0.1) is 0 Å². The minimum atomic E-state index is -2.56. The van der Waals surface area contributed by atoms with E-state index < -0.39 is 485 Å². The lowest BCUT2D eigenvalue weighted by Gasteiger charge is -2.50. The van der Waals surface area contributed by atoms with E-state index in [0.717, 1.165) is 0 Å². The van der Waals surface area contributed by atoms with Crippen molar-refractivity contribution in [3.8, 4) is 0 Å². The van der Waals surface area contributed by atoms with Crippen LogP contribution in [0.25, 0.3) is 0 Å². The molecule has 832 valence electrons. The highest BCUT2D eigenvalue weighted by molar-refractivity contribution is 5.06. The molecule has 0 aromatic heterocycles. The molecular formula is C78H130O65. The van der Waals surface area contributed by atoms with Crippen molar-refractivity contribution in [2.75, 3.05) is 85.9 Å². The summed E-state index contributed by atoms with van der Waals surface area (Å²) in [6.45, 7) is -15.2. The quantitative estimate of drug-likeness (QED) is 0.0404. The first kappa shape index (κ1) is 116. The molecule has 27 aliphatic heterocycles. The normalized spacial score (nSPS) is 54.9. The molecule has 0 spiro atoms. The molecule has 27 saturated heterocycles. The molecule has 0 aromatic rings. The van der Waals surface area contributed by atoms with Gasteiger partial charge in [0, 0.05) is 0 Å². The van der Waals surface area contributed by atoms with Gasteiger partial charge in [-0.1, -0.05) is 0 Å². The van der Waals surface area contributed by atoms with Gasteiger partial charge in [-0.25, -0.2) is 0 Å². The smallest absolute Gasteiger partial charge is 0.187 e. The molecule has 27 aliphatic rings. The molecule has 0 radical (unpaired) electrons. The van der Waals surface area contributed by atoms with Crippen molar-refractivity contribution >= 4 is 0 Å². The van der Waals surface area contributed by atoms with Crippen LogP contribution in [0.3, 0.4) is 0 Å². The molecule has 27 rings (SSSR count). The van der Waals surface area contributed by atoms with Gasteiger partial charge in [0.1, 0.15) is 317 Å². The molecule has 0 aliphatic carbocycles. The third kappa shape index (κ3) is 23.7. The summed E-state index contributed by atoms with van der Waals surface area (Å²) in [4.78, 5) is 0. The summed E-state index contributed by atoms with van der Waals surface area (Å²) in [5, 5.41) is 438. The van der Waals surface area contributed by atoms with Crippen molar-refractivity contribution in [3.05, 3.63) is 0 Å². The van der Waals surface area contributed by atoms with Crippen LogP contribution >= 0.6 is 0 Å². The van der Waals surface area contributed by atoms with Crippen molar-refractivity contribution in [3.63, 3.8) is 0 Å². The summed E-state index contributed by atoms with van der Waals surface area (Å²) in [6.07, 6.45) is -143.